The molecule has 5 saturated carbocycles. The van der Waals surface area contributed by atoms with Gasteiger partial charge in [0, 0.05) is 37.5 Å². The average Bonchev–Trinajstić information content (AvgIpc) is 3.87. The van der Waals surface area contributed by atoms with Crippen molar-refractivity contribution < 1.29 is 33.4 Å². The molecular formula is C51H68O7. The highest BCUT2D eigenvalue weighted by Gasteiger charge is 2.68. The summed E-state index contributed by atoms with van der Waals surface area (Å²) in [5, 5.41) is 0. The van der Waals surface area contributed by atoms with Gasteiger partial charge in [-0.05, 0) is 180 Å². The minimum absolute atomic E-state index is 0.0160. The van der Waals surface area contributed by atoms with E-state index in [2.05, 4.69) is 51.8 Å². The van der Waals surface area contributed by atoms with Crippen LogP contribution in [0.3, 0.4) is 0 Å². The zero-order valence-corrected chi connectivity index (χ0v) is 36.4. The second-order valence-electron chi connectivity index (χ2n) is 20.8. The summed E-state index contributed by atoms with van der Waals surface area (Å²) < 4.78 is 18.0. The lowest BCUT2D eigenvalue weighted by Crippen LogP contribution is -2.58. The van der Waals surface area contributed by atoms with E-state index in [1.54, 1.807) is 6.92 Å². The van der Waals surface area contributed by atoms with Gasteiger partial charge in [-0.25, -0.2) is 0 Å². The maximum Gasteiger partial charge on any atom is 0.304 e. The fraction of sp³-hybridized carbons (Fsp3) is 0.725. The monoisotopic (exact) mass is 792 g/mol. The third-order valence-corrected chi connectivity index (χ3v) is 18.2. The van der Waals surface area contributed by atoms with Crippen molar-refractivity contribution in [2.24, 2.45) is 57.7 Å². The number of ether oxygens (including phenoxy) is 3. The molecule has 58 heavy (non-hydrogen) atoms. The normalized spacial score (nSPS) is 43.7. The molecule has 0 heterocycles. The Labute approximate surface area is 347 Å². The van der Waals surface area contributed by atoms with E-state index in [0.29, 0.717) is 54.5 Å². The molecule has 5 fully saturated rings. The first-order valence-electron chi connectivity index (χ1n) is 22.9. The molecule has 0 aromatic rings. The number of esters is 2. The Morgan fingerprint density at radius 1 is 0.759 bits per heavy atom. The van der Waals surface area contributed by atoms with Crippen LogP contribution < -0.4 is 0 Å². The third-order valence-electron chi connectivity index (χ3n) is 18.2. The molecule has 9 rings (SSSR count). The summed E-state index contributed by atoms with van der Waals surface area (Å²) in [4.78, 5) is 48.6. The molecule has 0 saturated heterocycles. The van der Waals surface area contributed by atoms with Gasteiger partial charge in [0.1, 0.15) is 0 Å². The zero-order valence-electron chi connectivity index (χ0n) is 36.4. The van der Waals surface area contributed by atoms with Crippen molar-refractivity contribution >= 4 is 23.5 Å². The standard InChI is InChI=1S/C27H36O3.C24H32O4/c1-4-27(30-18(2)28)16-14-25-24-11-9-19-17-21(29-20-7-5-6-8-20)10-12-22(19)23(24)13-15-26(25,27)3;1-14-12-18-19(22(4)9-6-17(27)13-21(14)22)7-10-23(5)20(18)8-11-24(23,15(2)25)28-16(3)26/h1,9,17,20,22-25H,5-8,10-16H2,2-3H3;12-13,18-20H,6-11H2,1-5H3. The van der Waals surface area contributed by atoms with Crippen molar-refractivity contribution in [3.63, 3.8) is 0 Å². The van der Waals surface area contributed by atoms with Gasteiger partial charge >= 0.3 is 11.9 Å². The molecule has 0 bridgehead atoms. The Morgan fingerprint density at radius 3 is 2.14 bits per heavy atom. The summed E-state index contributed by atoms with van der Waals surface area (Å²) in [6, 6.07) is 0. The fourth-order valence-corrected chi connectivity index (χ4v) is 15.4. The molecule has 0 aromatic carbocycles. The first-order chi connectivity index (χ1) is 27.5. The molecule has 7 nitrogen and oxygen atoms in total. The number of allylic oxidation sites excluding steroid dienone is 8. The number of carbonyl (C=O) groups is 4. The van der Waals surface area contributed by atoms with Crippen LogP contribution in [0.4, 0.5) is 0 Å². The van der Waals surface area contributed by atoms with Crippen LogP contribution in [-0.4, -0.2) is 40.8 Å². The molecule has 0 N–H and O–H groups in total. The van der Waals surface area contributed by atoms with E-state index in [0.717, 1.165) is 63.7 Å². The molecule has 12 unspecified atom stereocenters. The summed E-state index contributed by atoms with van der Waals surface area (Å²) in [5.74, 6) is 7.58. The maximum atomic E-state index is 12.8. The molecule has 9 aliphatic rings. The van der Waals surface area contributed by atoms with Gasteiger partial charge in [-0.1, -0.05) is 44.4 Å². The number of carbonyl (C=O) groups excluding carboxylic acids is 4. The third kappa shape index (κ3) is 6.34. The minimum atomic E-state index is -0.990. The highest BCUT2D eigenvalue weighted by molar-refractivity contribution is 5.92. The van der Waals surface area contributed by atoms with Crippen molar-refractivity contribution in [2.75, 3.05) is 0 Å². The first-order valence-corrected chi connectivity index (χ1v) is 22.9. The molecular weight excluding hydrogens is 725 g/mol. The van der Waals surface area contributed by atoms with Gasteiger partial charge in [-0.15, -0.1) is 6.42 Å². The van der Waals surface area contributed by atoms with Crippen molar-refractivity contribution in [1.29, 1.82) is 0 Å². The van der Waals surface area contributed by atoms with Gasteiger partial charge in [-0.3, -0.25) is 19.2 Å². The van der Waals surface area contributed by atoms with Gasteiger partial charge in [0.2, 0.25) is 0 Å². The Hall–Kier alpha value is -3.40. The number of ketones is 2. The van der Waals surface area contributed by atoms with Crippen LogP contribution in [0, 0.1) is 70.0 Å². The molecule has 0 aromatic heterocycles. The summed E-state index contributed by atoms with van der Waals surface area (Å²) in [6.45, 7) is 13.4. The Bertz CT molecular complexity index is 1900. The molecule has 0 radical (unpaired) electrons. The van der Waals surface area contributed by atoms with Gasteiger partial charge in [0.25, 0.3) is 0 Å². The molecule has 0 spiro atoms. The largest absolute Gasteiger partial charge is 0.495 e. The van der Waals surface area contributed by atoms with Crippen LogP contribution in [0.1, 0.15) is 158 Å². The second kappa shape index (κ2) is 14.9. The lowest BCUT2D eigenvalue weighted by Gasteiger charge is -2.58. The number of fused-ring (bicyclic) bond motifs is 10. The van der Waals surface area contributed by atoms with E-state index in [-0.39, 0.29) is 39.8 Å². The van der Waals surface area contributed by atoms with Crippen LogP contribution >= 0.6 is 0 Å². The van der Waals surface area contributed by atoms with Gasteiger partial charge < -0.3 is 14.2 Å². The molecule has 314 valence electrons. The number of terminal acetylenes is 1. The lowest BCUT2D eigenvalue weighted by molar-refractivity contribution is -0.185. The van der Waals surface area contributed by atoms with Crippen LogP contribution in [0.5, 0.6) is 0 Å². The van der Waals surface area contributed by atoms with Crippen LogP contribution in [0.25, 0.3) is 0 Å². The molecule has 0 aliphatic heterocycles. The Morgan fingerprint density at radius 2 is 1.45 bits per heavy atom. The smallest absolute Gasteiger partial charge is 0.304 e. The number of rotatable bonds is 5. The van der Waals surface area contributed by atoms with Crippen LogP contribution in [0.2, 0.25) is 0 Å². The summed E-state index contributed by atoms with van der Waals surface area (Å²) in [6.07, 6.45) is 33.2. The van der Waals surface area contributed by atoms with E-state index in [1.165, 1.54) is 74.9 Å². The second-order valence-corrected chi connectivity index (χ2v) is 20.8. The topological polar surface area (TPSA) is 96.0 Å². The average molecular weight is 793 g/mol. The predicted octanol–water partition coefficient (Wildman–Crippen LogP) is 10.5. The van der Waals surface area contributed by atoms with E-state index in [1.807, 2.05) is 6.08 Å². The van der Waals surface area contributed by atoms with Crippen LogP contribution in [-0.2, 0) is 33.4 Å². The van der Waals surface area contributed by atoms with Gasteiger partial charge in [0.15, 0.2) is 22.8 Å². The quantitative estimate of drug-likeness (QED) is 0.202. The fourth-order valence-electron chi connectivity index (χ4n) is 15.4. The number of hydrogen-bond donors (Lipinski definition) is 0. The van der Waals surface area contributed by atoms with Gasteiger partial charge in [-0.2, -0.15) is 0 Å². The summed E-state index contributed by atoms with van der Waals surface area (Å²) in [7, 11) is 0. The number of Topliss-reactive ketones (excluding diaryl/α,β-unsaturated/α-hetero) is 1. The first kappa shape index (κ1) is 41.3. The van der Waals surface area contributed by atoms with E-state index >= 15 is 0 Å². The zero-order chi connectivity index (χ0) is 41.4. The van der Waals surface area contributed by atoms with Gasteiger partial charge in [0.05, 0.1) is 11.9 Å². The van der Waals surface area contributed by atoms with Crippen LogP contribution in [0.15, 0.2) is 46.8 Å². The molecule has 0 amide bonds. The highest BCUT2D eigenvalue weighted by Crippen LogP contribution is 2.68. The van der Waals surface area contributed by atoms with E-state index in [9.17, 15) is 19.2 Å². The Kier molecular flexibility index (Phi) is 10.7. The van der Waals surface area contributed by atoms with Crippen molar-refractivity contribution in [3.8, 4) is 12.3 Å². The van der Waals surface area contributed by atoms with Crippen molar-refractivity contribution in [1.82, 2.24) is 0 Å². The van der Waals surface area contributed by atoms with Crippen molar-refractivity contribution in [2.45, 2.75) is 175 Å². The molecule has 7 heteroatoms. The lowest BCUT2D eigenvalue weighted by atomic mass is 9.47. The highest BCUT2D eigenvalue weighted by atomic mass is 16.6. The van der Waals surface area contributed by atoms with E-state index < -0.39 is 11.2 Å². The minimum Gasteiger partial charge on any atom is -0.495 e. The SMILES string of the molecule is C#CC1(OC(C)=O)CCC2C3CC=C4C=C(OC5CCCC5)CCC4C3CCC21C.CC(=O)OC1(C(C)=O)CCC2C3C=C(C)C4=CC(=O)CCC4(C)C3CCC21C. The molecule has 12 atom stereocenters. The number of hydrogen-bond acceptors (Lipinski definition) is 7. The molecule has 9 aliphatic carbocycles. The summed E-state index contributed by atoms with van der Waals surface area (Å²) in [5.41, 5.74) is 1.87. The Balaban J connectivity index is 0.000000162. The maximum absolute atomic E-state index is 12.8. The predicted molar refractivity (Wildman–Crippen MR) is 224 cm³/mol. The summed E-state index contributed by atoms with van der Waals surface area (Å²) >= 11 is 0. The van der Waals surface area contributed by atoms with E-state index in [4.69, 9.17) is 20.6 Å². The van der Waals surface area contributed by atoms with Crippen molar-refractivity contribution in [3.05, 3.63) is 46.8 Å².